The summed E-state index contributed by atoms with van der Waals surface area (Å²) in [6, 6.07) is 19.6. The van der Waals surface area contributed by atoms with Crippen molar-refractivity contribution in [3.05, 3.63) is 93.9 Å². The van der Waals surface area contributed by atoms with Gasteiger partial charge in [-0.1, -0.05) is 54.6 Å². The number of allylic oxidation sites excluding steroid dienone is 1. The van der Waals surface area contributed by atoms with Crippen LogP contribution >= 0.6 is 11.3 Å². The number of benzene rings is 2. The van der Waals surface area contributed by atoms with Crippen molar-refractivity contribution < 1.29 is 0 Å². The Balaban J connectivity index is 1.67. The standard InChI is InChI=1S/C24H22N4S/c1-28(2)19-10-6-9-18(13-19)24(17-7-4-3-5-8-17)12-11-20-21(14-24)26-27-23(20)22-15-29-16-25-22/h3-13,15-16H,14H2,1-2H3,(H,26,27). The molecule has 4 aromatic rings. The van der Waals surface area contributed by atoms with Gasteiger partial charge in [0, 0.05) is 48.3 Å². The minimum absolute atomic E-state index is 0.244. The van der Waals surface area contributed by atoms with Crippen LogP contribution in [0.3, 0.4) is 0 Å². The number of H-pyrrole nitrogens is 1. The topological polar surface area (TPSA) is 44.8 Å². The Morgan fingerprint density at radius 3 is 2.62 bits per heavy atom. The molecular formula is C24H22N4S. The molecule has 4 nitrogen and oxygen atoms in total. The second kappa shape index (κ2) is 7.01. The van der Waals surface area contributed by atoms with Crippen LogP contribution < -0.4 is 4.90 Å². The van der Waals surface area contributed by atoms with Crippen LogP contribution in [0.5, 0.6) is 0 Å². The lowest BCUT2D eigenvalue weighted by atomic mass is 9.68. The maximum atomic E-state index is 4.60. The zero-order valence-electron chi connectivity index (χ0n) is 16.5. The number of hydrogen-bond donors (Lipinski definition) is 1. The number of thiazole rings is 1. The van der Waals surface area contributed by atoms with Gasteiger partial charge in [0.15, 0.2) is 0 Å². The Kier molecular flexibility index (Phi) is 4.32. The van der Waals surface area contributed by atoms with E-state index in [9.17, 15) is 0 Å². The molecule has 1 aliphatic carbocycles. The zero-order valence-corrected chi connectivity index (χ0v) is 17.3. The minimum Gasteiger partial charge on any atom is -0.378 e. The van der Waals surface area contributed by atoms with Crippen LogP contribution in [0, 0.1) is 0 Å². The van der Waals surface area contributed by atoms with Gasteiger partial charge in [-0.25, -0.2) is 4.98 Å². The fourth-order valence-electron chi connectivity index (χ4n) is 4.15. The third-order valence-electron chi connectivity index (χ3n) is 5.71. The molecule has 2 aromatic carbocycles. The van der Waals surface area contributed by atoms with E-state index in [4.69, 9.17) is 0 Å². The van der Waals surface area contributed by atoms with Crippen LogP contribution in [0.25, 0.3) is 17.5 Å². The molecule has 0 aliphatic heterocycles. The van der Waals surface area contributed by atoms with Gasteiger partial charge in [-0.15, -0.1) is 11.3 Å². The average Bonchev–Trinajstić information content (AvgIpc) is 3.43. The molecule has 1 aliphatic rings. The van der Waals surface area contributed by atoms with Crippen molar-refractivity contribution in [1.29, 1.82) is 0 Å². The number of rotatable bonds is 4. The fourth-order valence-corrected chi connectivity index (χ4v) is 4.69. The van der Waals surface area contributed by atoms with Gasteiger partial charge in [0.1, 0.15) is 11.4 Å². The van der Waals surface area contributed by atoms with Crippen molar-refractivity contribution in [1.82, 2.24) is 15.2 Å². The minimum atomic E-state index is -0.244. The fraction of sp³-hybridized carbons (Fsp3) is 0.167. The van der Waals surface area contributed by atoms with Crippen molar-refractivity contribution in [2.75, 3.05) is 19.0 Å². The quantitative estimate of drug-likeness (QED) is 0.517. The molecule has 1 N–H and O–H groups in total. The van der Waals surface area contributed by atoms with Gasteiger partial charge in [0.05, 0.1) is 5.51 Å². The molecule has 2 heterocycles. The lowest BCUT2D eigenvalue weighted by molar-refractivity contribution is 0.620. The Labute approximate surface area is 174 Å². The average molecular weight is 399 g/mol. The van der Waals surface area contributed by atoms with Gasteiger partial charge < -0.3 is 4.90 Å². The van der Waals surface area contributed by atoms with Crippen molar-refractivity contribution in [2.24, 2.45) is 0 Å². The molecule has 5 rings (SSSR count). The van der Waals surface area contributed by atoms with Crippen LogP contribution in [0.15, 0.2) is 71.6 Å². The molecule has 29 heavy (non-hydrogen) atoms. The van der Waals surface area contributed by atoms with E-state index < -0.39 is 0 Å². The third-order valence-corrected chi connectivity index (χ3v) is 6.30. The number of fused-ring (bicyclic) bond motifs is 1. The number of hydrogen-bond acceptors (Lipinski definition) is 4. The van der Waals surface area contributed by atoms with E-state index in [1.807, 2.05) is 10.9 Å². The largest absolute Gasteiger partial charge is 0.378 e. The molecule has 144 valence electrons. The molecule has 0 bridgehead atoms. The molecule has 0 spiro atoms. The Hall–Kier alpha value is -3.18. The van der Waals surface area contributed by atoms with Crippen LogP contribution in [-0.2, 0) is 11.8 Å². The SMILES string of the molecule is CN(C)c1cccc(C2(c3ccccc3)C=Cc3c(-c4cscn4)n[nH]c3C2)c1. The molecule has 5 heteroatoms. The van der Waals surface area contributed by atoms with Crippen molar-refractivity contribution in [3.8, 4) is 11.4 Å². The zero-order chi connectivity index (χ0) is 19.8. The summed E-state index contributed by atoms with van der Waals surface area (Å²) in [6.45, 7) is 0. The highest BCUT2D eigenvalue weighted by atomic mass is 32.1. The van der Waals surface area contributed by atoms with E-state index in [-0.39, 0.29) is 5.41 Å². The predicted octanol–water partition coefficient (Wildman–Crippen LogP) is 5.15. The van der Waals surface area contributed by atoms with Crippen molar-refractivity contribution in [3.63, 3.8) is 0 Å². The van der Waals surface area contributed by atoms with E-state index in [1.54, 1.807) is 11.3 Å². The van der Waals surface area contributed by atoms with Gasteiger partial charge in [0.25, 0.3) is 0 Å². The van der Waals surface area contributed by atoms with E-state index >= 15 is 0 Å². The van der Waals surface area contributed by atoms with E-state index in [2.05, 4.69) is 101 Å². The summed E-state index contributed by atoms with van der Waals surface area (Å²) in [6.07, 6.45) is 5.38. The summed E-state index contributed by atoms with van der Waals surface area (Å²) in [5.74, 6) is 0. The number of nitrogens with zero attached hydrogens (tertiary/aromatic N) is 3. The third kappa shape index (κ3) is 2.98. The molecule has 2 aromatic heterocycles. The van der Waals surface area contributed by atoms with Gasteiger partial charge in [-0.3, -0.25) is 5.10 Å². The maximum Gasteiger partial charge on any atom is 0.119 e. The van der Waals surface area contributed by atoms with Crippen LogP contribution in [0.1, 0.15) is 22.4 Å². The lowest BCUT2D eigenvalue weighted by Gasteiger charge is -2.35. The predicted molar refractivity (Wildman–Crippen MR) is 120 cm³/mol. The number of aromatic nitrogens is 3. The second-order valence-corrected chi connectivity index (χ2v) is 8.35. The molecule has 1 atom stereocenters. The highest BCUT2D eigenvalue weighted by molar-refractivity contribution is 7.07. The molecule has 1 unspecified atom stereocenters. The maximum absolute atomic E-state index is 4.60. The first kappa shape index (κ1) is 17.9. The van der Waals surface area contributed by atoms with Crippen molar-refractivity contribution >= 4 is 23.1 Å². The molecule has 0 saturated heterocycles. The summed E-state index contributed by atoms with van der Waals surface area (Å²) in [5, 5.41) is 9.94. The molecular weight excluding hydrogens is 376 g/mol. The summed E-state index contributed by atoms with van der Waals surface area (Å²) in [4.78, 5) is 6.60. The number of nitrogens with one attached hydrogen (secondary N) is 1. The van der Waals surface area contributed by atoms with Crippen molar-refractivity contribution in [2.45, 2.75) is 11.8 Å². The first-order valence-corrected chi connectivity index (χ1v) is 10.6. The number of anilines is 1. The lowest BCUT2D eigenvalue weighted by Crippen LogP contribution is -2.30. The summed E-state index contributed by atoms with van der Waals surface area (Å²) in [5.41, 5.74) is 9.52. The van der Waals surface area contributed by atoms with Crippen LogP contribution in [-0.4, -0.2) is 29.3 Å². The monoisotopic (exact) mass is 398 g/mol. The summed E-state index contributed by atoms with van der Waals surface area (Å²) in [7, 11) is 4.16. The first-order valence-electron chi connectivity index (χ1n) is 9.66. The van der Waals surface area contributed by atoms with E-state index in [0.717, 1.165) is 29.1 Å². The normalized spacial score (nSPS) is 17.9. The Morgan fingerprint density at radius 1 is 1.03 bits per heavy atom. The smallest absolute Gasteiger partial charge is 0.119 e. The second-order valence-electron chi connectivity index (χ2n) is 7.63. The molecule has 0 radical (unpaired) electrons. The number of aromatic amines is 1. The van der Waals surface area contributed by atoms with Gasteiger partial charge in [0.2, 0.25) is 0 Å². The first-order chi connectivity index (χ1) is 14.2. The van der Waals surface area contributed by atoms with E-state index in [0.29, 0.717) is 0 Å². The summed E-state index contributed by atoms with van der Waals surface area (Å²) >= 11 is 1.59. The molecule has 0 amide bonds. The van der Waals surface area contributed by atoms with Gasteiger partial charge >= 0.3 is 0 Å². The summed E-state index contributed by atoms with van der Waals surface area (Å²) < 4.78 is 0. The molecule has 0 fully saturated rings. The highest BCUT2D eigenvalue weighted by Gasteiger charge is 2.37. The highest BCUT2D eigenvalue weighted by Crippen LogP contribution is 2.43. The van der Waals surface area contributed by atoms with Gasteiger partial charge in [-0.2, -0.15) is 5.10 Å². The van der Waals surface area contributed by atoms with Crippen LogP contribution in [0.2, 0.25) is 0 Å². The van der Waals surface area contributed by atoms with Crippen LogP contribution in [0.4, 0.5) is 5.69 Å². The Morgan fingerprint density at radius 2 is 1.86 bits per heavy atom. The Bertz CT molecular complexity index is 1160. The van der Waals surface area contributed by atoms with Gasteiger partial charge in [-0.05, 0) is 23.3 Å². The van der Waals surface area contributed by atoms with E-state index in [1.165, 1.54) is 16.8 Å². The molecule has 0 saturated carbocycles.